The van der Waals surface area contributed by atoms with Crippen LogP contribution in [0, 0.1) is 0 Å². The Hall–Kier alpha value is -0.820. The van der Waals surface area contributed by atoms with E-state index in [-0.39, 0.29) is 11.8 Å². The minimum absolute atomic E-state index is 0.0647. The summed E-state index contributed by atoms with van der Waals surface area (Å²) in [5, 5.41) is 6.35. The van der Waals surface area contributed by atoms with E-state index in [0.717, 1.165) is 0 Å². The van der Waals surface area contributed by atoms with Gasteiger partial charge in [0.2, 0.25) is 0 Å². The molecule has 1 rings (SSSR count). The van der Waals surface area contributed by atoms with Crippen molar-refractivity contribution in [3.05, 3.63) is 0 Å². The second-order valence-electron chi connectivity index (χ2n) is 2.28. The Morgan fingerprint density at radius 3 is 3.00 bits per heavy atom. The molecule has 0 spiro atoms. The Morgan fingerprint density at radius 1 is 1.92 bits per heavy atom. The lowest BCUT2D eigenvalue weighted by atomic mass is 10.2. The smallest absolute Gasteiger partial charge is 0.289 e. The van der Waals surface area contributed by atoms with Gasteiger partial charge >= 0.3 is 0 Å². The molecule has 0 aliphatic carbocycles. The second kappa shape index (κ2) is 4.43. The third kappa shape index (κ3) is 2.56. The molecule has 0 aromatic heterocycles. The van der Waals surface area contributed by atoms with Gasteiger partial charge in [-0.1, -0.05) is 29.1 Å². The van der Waals surface area contributed by atoms with E-state index in [4.69, 9.17) is 18.0 Å². The summed E-state index contributed by atoms with van der Waals surface area (Å²) in [7, 11) is 1.34. The van der Waals surface area contributed by atoms with E-state index in [2.05, 4.69) is 15.3 Å². The number of carbonyl (C=O) groups is 1. The maximum atomic E-state index is 10.8. The fourth-order valence-electron chi connectivity index (χ4n) is 0.894. The first-order valence-electron chi connectivity index (χ1n) is 3.45. The topological polar surface area (TPSA) is 74.5 Å². The van der Waals surface area contributed by atoms with Crippen LogP contribution in [0.4, 0.5) is 0 Å². The summed E-state index contributed by atoms with van der Waals surface area (Å²) in [6, 6.07) is -0.289. The minimum Gasteiger partial charge on any atom is -0.399 e. The monoisotopic (exact) mass is 218 g/mol. The average molecular weight is 218 g/mol. The van der Waals surface area contributed by atoms with E-state index in [1.165, 1.54) is 18.9 Å². The molecular weight excluding hydrogens is 210 g/mol. The largest absolute Gasteiger partial charge is 0.399 e. The lowest BCUT2D eigenvalue weighted by Crippen LogP contribution is -2.39. The van der Waals surface area contributed by atoms with Gasteiger partial charge in [0.1, 0.15) is 11.4 Å². The van der Waals surface area contributed by atoms with Crippen molar-refractivity contribution in [1.29, 1.82) is 0 Å². The molecule has 71 valence electrons. The van der Waals surface area contributed by atoms with Gasteiger partial charge in [0.15, 0.2) is 5.71 Å². The normalized spacial score (nSPS) is 22.7. The van der Waals surface area contributed by atoms with E-state index < -0.39 is 5.91 Å². The van der Waals surface area contributed by atoms with Crippen LogP contribution < -0.4 is 11.1 Å². The number of hydrogen-bond acceptors (Lipinski definition) is 5. The predicted octanol–water partition coefficient (Wildman–Crippen LogP) is -0.212. The number of thioether (sulfide) groups is 1. The maximum absolute atomic E-state index is 10.8. The van der Waals surface area contributed by atoms with Gasteiger partial charge in [-0.05, 0) is 0 Å². The summed E-state index contributed by atoms with van der Waals surface area (Å²) in [6.07, 6.45) is 0. The summed E-state index contributed by atoms with van der Waals surface area (Å²) in [5.41, 5.74) is 6.99. The summed E-state index contributed by atoms with van der Waals surface area (Å²) in [6.45, 7) is 0. The van der Waals surface area contributed by atoms with Crippen molar-refractivity contribution in [2.75, 3.05) is 12.9 Å². The molecule has 0 bridgehead atoms. The van der Waals surface area contributed by atoms with Crippen molar-refractivity contribution in [2.45, 2.75) is 6.04 Å². The molecule has 1 fully saturated rings. The van der Waals surface area contributed by atoms with Gasteiger partial charge in [0, 0.05) is 5.75 Å². The SMILES string of the molecule is CO/N=C(/C([NH])=O)C1CSC(=S)N1. The van der Waals surface area contributed by atoms with Crippen molar-refractivity contribution in [2.24, 2.45) is 5.16 Å². The van der Waals surface area contributed by atoms with Crippen molar-refractivity contribution >= 4 is 39.9 Å². The molecule has 0 aromatic rings. The van der Waals surface area contributed by atoms with Crippen LogP contribution in [0.2, 0.25) is 0 Å². The number of oxime groups is 1. The van der Waals surface area contributed by atoms with Crippen LogP contribution in [-0.4, -0.2) is 34.8 Å². The summed E-state index contributed by atoms with van der Waals surface area (Å²) >= 11 is 6.29. The van der Waals surface area contributed by atoms with Crippen LogP contribution in [-0.2, 0) is 9.63 Å². The van der Waals surface area contributed by atoms with Gasteiger partial charge in [0.05, 0.1) is 6.04 Å². The van der Waals surface area contributed by atoms with Crippen molar-refractivity contribution in [1.82, 2.24) is 11.1 Å². The molecule has 1 radical (unpaired) electrons. The highest BCUT2D eigenvalue weighted by Gasteiger charge is 2.28. The van der Waals surface area contributed by atoms with Gasteiger partial charge in [0.25, 0.3) is 5.91 Å². The zero-order chi connectivity index (χ0) is 9.84. The van der Waals surface area contributed by atoms with E-state index in [9.17, 15) is 4.79 Å². The first-order valence-corrected chi connectivity index (χ1v) is 4.84. The Kier molecular flexibility index (Phi) is 3.49. The molecule has 1 aliphatic heterocycles. The first kappa shape index (κ1) is 10.3. The highest BCUT2D eigenvalue weighted by Crippen LogP contribution is 2.14. The lowest BCUT2D eigenvalue weighted by molar-refractivity contribution is -0.112. The van der Waals surface area contributed by atoms with Gasteiger partial charge in [-0.25, -0.2) is 0 Å². The Bertz CT molecular complexity index is 267. The molecule has 13 heavy (non-hydrogen) atoms. The van der Waals surface area contributed by atoms with Crippen molar-refractivity contribution < 1.29 is 9.63 Å². The molecule has 0 aromatic carbocycles. The van der Waals surface area contributed by atoms with E-state index in [1.807, 2.05) is 0 Å². The second-order valence-corrected chi connectivity index (χ2v) is 3.98. The number of amides is 1. The summed E-state index contributed by atoms with van der Waals surface area (Å²) in [5.74, 6) is -0.226. The van der Waals surface area contributed by atoms with Crippen LogP contribution in [0.1, 0.15) is 0 Å². The lowest BCUT2D eigenvalue weighted by Gasteiger charge is -2.07. The number of nitrogens with one attached hydrogen (secondary N) is 2. The standard InChI is InChI=1S/C6H8N3O2S2/c1-11-9-4(5(7)10)3-2-13-6(12)8-3/h3,7H,2H2,1H3,(H,8,12)/b9-4+. The fraction of sp³-hybridized carbons (Fsp3) is 0.500. The molecule has 1 saturated heterocycles. The molecule has 1 aliphatic rings. The number of hydrogen-bond donors (Lipinski definition) is 1. The van der Waals surface area contributed by atoms with Crippen molar-refractivity contribution in [3.63, 3.8) is 0 Å². The minimum atomic E-state index is -0.843. The zero-order valence-electron chi connectivity index (χ0n) is 6.86. The Labute approximate surface area is 85.1 Å². The van der Waals surface area contributed by atoms with E-state index >= 15 is 0 Å². The molecule has 1 unspecified atom stereocenters. The number of carbonyl (C=O) groups excluding carboxylic acids is 1. The molecule has 1 heterocycles. The molecule has 2 N–H and O–H groups in total. The summed E-state index contributed by atoms with van der Waals surface area (Å²) < 4.78 is 0.620. The van der Waals surface area contributed by atoms with Gasteiger partial charge in [-0.3, -0.25) is 10.5 Å². The Morgan fingerprint density at radius 2 is 2.62 bits per heavy atom. The van der Waals surface area contributed by atoms with E-state index in [0.29, 0.717) is 10.1 Å². The third-order valence-electron chi connectivity index (χ3n) is 1.43. The number of thiocarbonyl (C=S) groups is 1. The molecule has 7 heteroatoms. The molecule has 1 atom stereocenters. The average Bonchev–Trinajstić information content (AvgIpc) is 2.46. The van der Waals surface area contributed by atoms with Gasteiger partial charge in [-0.2, -0.15) is 0 Å². The molecule has 1 amide bonds. The first-order chi connectivity index (χ1) is 6.15. The fourth-order valence-corrected chi connectivity index (χ4v) is 2.02. The van der Waals surface area contributed by atoms with Crippen LogP contribution in [0.25, 0.3) is 0 Å². The number of nitrogens with zero attached hydrogens (tertiary/aromatic N) is 1. The van der Waals surface area contributed by atoms with Crippen LogP contribution in [0.3, 0.4) is 0 Å². The number of rotatable bonds is 3. The zero-order valence-corrected chi connectivity index (χ0v) is 8.50. The van der Waals surface area contributed by atoms with Crippen LogP contribution in [0.15, 0.2) is 5.16 Å². The maximum Gasteiger partial charge on any atom is 0.289 e. The molecule has 5 nitrogen and oxygen atoms in total. The highest BCUT2D eigenvalue weighted by atomic mass is 32.2. The third-order valence-corrected chi connectivity index (χ3v) is 2.78. The van der Waals surface area contributed by atoms with E-state index in [1.54, 1.807) is 0 Å². The van der Waals surface area contributed by atoms with Crippen LogP contribution in [0.5, 0.6) is 0 Å². The quantitative estimate of drug-likeness (QED) is 0.403. The van der Waals surface area contributed by atoms with Crippen molar-refractivity contribution in [3.8, 4) is 0 Å². The van der Waals surface area contributed by atoms with Crippen LogP contribution >= 0.6 is 24.0 Å². The van der Waals surface area contributed by atoms with Gasteiger partial charge in [-0.15, -0.1) is 0 Å². The highest BCUT2D eigenvalue weighted by molar-refractivity contribution is 8.23. The Balaban J connectivity index is 2.71. The van der Waals surface area contributed by atoms with Gasteiger partial charge < -0.3 is 10.2 Å². The summed E-state index contributed by atoms with van der Waals surface area (Å²) in [4.78, 5) is 15.3. The predicted molar refractivity (Wildman–Crippen MR) is 54.5 cm³/mol. The molecule has 0 saturated carbocycles. The molecular formula is C6H8N3O2S2.